The van der Waals surface area contributed by atoms with E-state index < -0.39 is 0 Å². The number of aliphatic imine (C=N–C) groups is 1. The molecule has 0 saturated heterocycles. The van der Waals surface area contributed by atoms with Crippen LogP contribution in [0.2, 0.25) is 0 Å². The van der Waals surface area contributed by atoms with Crippen molar-refractivity contribution in [3.8, 4) is 0 Å². The molecule has 0 amide bonds. The zero-order valence-corrected chi connectivity index (χ0v) is 14.9. The number of pyridine rings is 1. The molecule has 0 aliphatic rings. The topological polar surface area (TPSA) is 90.2 Å². The van der Waals surface area contributed by atoms with Gasteiger partial charge in [0, 0.05) is 11.6 Å². The molecule has 24 heavy (non-hydrogen) atoms. The largest absolute Gasteiger partial charge is 0.397 e. The van der Waals surface area contributed by atoms with Gasteiger partial charge >= 0.3 is 0 Å². The summed E-state index contributed by atoms with van der Waals surface area (Å²) in [6.45, 7) is 6.65. The number of benzene rings is 1. The molecule has 0 unspecified atom stereocenters. The normalized spacial score (nSPS) is 12.7. The highest BCUT2D eigenvalue weighted by Gasteiger charge is 2.16. The molecule has 2 aromatic heterocycles. The molecule has 0 fully saturated rings. The molecule has 1 aromatic carbocycles. The Morgan fingerprint density at radius 2 is 2.04 bits per heavy atom. The second-order valence-electron chi connectivity index (χ2n) is 6.99. The van der Waals surface area contributed by atoms with E-state index in [0.717, 1.165) is 22.5 Å². The first-order chi connectivity index (χ1) is 11.3. The number of hydrogen-bond donors (Lipinski definition) is 2. The number of rotatable bonds is 3. The van der Waals surface area contributed by atoms with Crippen molar-refractivity contribution in [2.45, 2.75) is 27.2 Å². The number of anilines is 1. The van der Waals surface area contributed by atoms with E-state index in [0.29, 0.717) is 17.2 Å². The summed E-state index contributed by atoms with van der Waals surface area (Å²) in [4.78, 5) is 8.65. The van der Waals surface area contributed by atoms with Gasteiger partial charge in [-0.2, -0.15) is 4.37 Å². The molecule has 0 radical (unpaired) electrons. The minimum absolute atomic E-state index is 0.207. The SMILES string of the molecule is CC(C)(C)Cc1nsc2cc(N=C(N)c3ncccc3N)ccc12. The lowest BCUT2D eigenvalue weighted by molar-refractivity contribution is 0.409. The van der Waals surface area contributed by atoms with E-state index >= 15 is 0 Å². The van der Waals surface area contributed by atoms with Gasteiger partial charge in [-0.25, -0.2) is 4.99 Å². The van der Waals surface area contributed by atoms with E-state index in [4.69, 9.17) is 11.5 Å². The Morgan fingerprint density at radius 1 is 1.25 bits per heavy atom. The Balaban J connectivity index is 1.95. The summed E-state index contributed by atoms with van der Waals surface area (Å²) < 4.78 is 5.71. The Kier molecular flexibility index (Phi) is 4.24. The van der Waals surface area contributed by atoms with Gasteiger partial charge in [0.2, 0.25) is 0 Å². The highest BCUT2D eigenvalue weighted by molar-refractivity contribution is 7.13. The summed E-state index contributed by atoms with van der Waals surface area (Å²) in [7, 11) is 0. The number of hydrogen-bond acceptors (Lipinski definition) is 5. The van der Waals surface area contributed by atoms with Crippen LogP contribution in [0, 0.1) is 5.41 Å². The third-order valence-electron chi connectivity index (χ3n) is 3.56. The lowest BCUT2D eigenvalue weighted by Gasteiger charge is -2.16. The van der Waals surface area contributed by atoms with Gasteiger partial charge in [-0.3, -0.25) is 4.98 Å². The van der Waals surface area contributed by atoms with E-state index in [1.807, 2.05) is 12.1 Å². The summed E-state index contributed by atoms with van der Waals surface area (Å²) in [6.07, 6.45) is 2.60. The molecule has 4 N–H and O–H groups in total. The number of fused-ring (bicyclic) bond motifs is 1. The van der Waals surface area contributed by atoms with Gasteiger partial charge in [0.1, 0.15) is 5.69 Å². The van der Waals surface area contributed by atoms with Crippen LogP contribution in [0.25, 0.3) is 10.1 Å². The first-order valence-corrected chi connectivity index (χ1v) is 8.54. The zero-order chi connectivity index (χ0) is 17.3. The first-order valence-electron chi connectivity index (χ1n) is 7.77. The maximum absolute atomic E-state index is 6.06. The lowest BCUT2D eigenvalue weighted by atomic mass is 9.89. The zero-order valence-electron chi connectivity index (χ0n) is 14.1. The summed E-state index contributed by atoms with van der Waals surface area (Å²) in [6, 6.07) is 9.55. The van der Waals surface area contributed by atoms with Crippen molar-refractivity contribution in [1.29, 1.82) is 0 Å². The first kappa shape index (κ1) is 16.4. The van der Waals surface area contributed by atoms with E-state index in [1.54, 1.807) is 18.3 Å². The Labute approximate surface area is 145 Å². The molecular formula is C18H21N5S. The number of amidine groups is 1. The minimum Gasteiger partial charge on any atom is -0.397 e. The van der Waals surface area contributed by atoms with E-state index in [9.17, 15) is 0 Å². The number of aromatic nitrogens is 2. The van der Waals surface area contributed by atoms with E-state index in [-0.39, 0.29) is 5.41 Å². The number of nitrogen functional groups attached to an aromatic ring is 1. The van der Waals surface area contributed by atoms with Gasteiger partial charge in [-0.15, -0.1) is 0 Å². The monoisotopic (exact) mass is 339 g/mol. The van der Waals surface area contributed by atoms with Crippen molar-refractivity contribution in [1.82, 2.24) is 9.36 Å². The molecule has 0 aliphatic carbocycles. The standard InChI is InChI=1S/C18H21N5S/c1-18(2,3)10-14-12-7-6-11(9-15(12)24-23-14)22-17(20)16-13(19)5-4-8-21-16/h4-9H,10,19H2,1-3H3,(H2,20,22). The minimum atomic E-state index is 0.207. The smallest absolute Gasteiger partial charge is 0.152 e. The molecule has 0 saturated carbocycles. The highest BCUT2D eigenvalue weighted by atomic mass is 32.1. The molecular weight excluding hydrogens is 318 g/mol. The average molecular weight is 339 g/mol. The molecule has 2 heterocycles. The van der Waals surface area contributed by atoms with E-state index in [2.05, 4.69) is 41.2 Å². The van der Waals surface area contributed by atoms with Crippen molar-refractivity contribution >= 4 is 38.8 Å². The molecule has 0 bridgehead atoms. The predicted molar refractivity (Wildman–Crippen MR) is 102 cm³/mol. The lowest BCUT2D eigenvalue weighted by Crippen LogP contribution is -2.16. The van der Waals surface area contributed by atoms with Crippen molar-refractivity contribution in [2.75, 3.05) is 5.73 Å². The van der Waals surface area contributed by atoms with Gasteiger partial charge in [0.25, 0.3) is 0 Å². The van der Waals surface area contributed by atoms with Crippen LogP contribution in [0.15, 0.2) is 41.5 Å². The van der Waals surface area contributed by atoms with Gasteiger partial charge in [-0.1, -0.05) is 20.8 Å². The molecule has 3 rings (SSSR count). The van der Waals surface area contributed by atoms with Crippen molar-refractivity contribution in [3.63, 3.8) is 0 Å². The van der Waals surface area contributed by atoms with Crippen LogP contribution in [-0.2, 0) is 6.42 Å². The molecule has 0 aliphatic heterocycles. The third-order valence-corrected chi connectivity index (χ3v) is 4.41. The van der Waals surface area contributed by atoms with Gasteiger partial charge in [0.15, 0.2) is 5.84 Å². The molecule has 0 atom stereocenters. The van der Waals surface area contributed by atoms with Crippen LogP contribution in [0.1, 0.15) is 32.2 Å². The molecule has 6 heteroatoms. The number of nitrogens with zero attached hydrogens (tertiary/aromatic N) is 3. The fraction of sp³-hybridized carbons (Fsp3) is 0.278. The van der Waals surface area contributed by atoms with Gasteiger partial charge in [0.05, 0.1) is 21.8 Å². The van der Waals surface area contributed by atoms with Crippen LogP contribution in [0.5, 0.6) is 0 Å². The van der Waals surface area contributed by atoms with Crippen LogP contribution in [-0.4, -0.2) is 15.2 Å². The van der Waals surface area contributed by atoms with Gasteiger partial charge < -0.3 is 11.5 Å². The maximum atomic E-state index is 6.06. The van der Waals surface area contributed by atoms with Crippen LogP contribution in [0.4, 0.5) is 11.4 Å². The van der Waals surface area contributed by atoms with Crippen molar-refractivity contribution in [3.05, 3.63) is 47.9 Å². The molecule has 3 aromatic rings. The fourth-order valence-corrected chi connectivity index (χ4v) is 3.33. The highest BCUT2D eigenvalue weighted by Crippen LogP contribution is 2.31. The van der Waals surface area contributed by atoms with Crippen LogP contribution in [0.3, 0.4) is 0 Å². The number of nitrogens with two attached hydrogens (primary N) is 2. The maximum Gasteiger partial charge on any atom is 0.152 e. The van der Waals surface area contributed by atoms with Crippen LogP contribution < -0.4 is 11.5 Å². The van der Waals surface area contributed by atoms with E-state index in [1.165, 1.54) is 16.9 Å². The summed E-state index contributed by atoms with van der Waals surface area (Å²) in [5.74, 6) is 0.312. The van der Waals surface area contributed by atoms with Crippen molar-refractivity contribution in [2.24, 2.45) is 16.1 Å². The molecule has 124 valence electrons. The Morgan fingerprint density at radius 3 is 2.75 bits per heavy atom. The third kappa shape index (κ3) is 3.54. The Bertz CT molecular complexity index is 905. The second-order valence-corrected chi connectivity index (χ2v) is 7.79. The van der Waals surface area contributed by atoms with Crippen LogP contribution >= 0.6 is 11.5 Å². The summed E-state index contributed by atoms with van der Waals surface area (Å²) in [5.41, 5.74) is 15.1. The second kappa shape index (κ2) is 6.20. The van der Waals surface area contributed by atoms with Gasteiger partial charge in [-0.05, 0) is 53.7 Å². The Hall–Kier alpha value is -2.47. The predicted octanol–water partition coefficient (Wildman–Crippen LogP) is 3.90. The van der Waals surface area contributed by atoms with Crippen molar-refractivity contribution < 1.29 is 0 Å². The quantitative estimate of drug-likeness (QED) is 0.559. The summed E-state index contributed by atoms with van der Waals surface area (Å²) in [5, 5.41) is 1.18. The average Bonchev–Trinajstić information content (AvgIpc) is 2.88. The fourth-order valence-electron chi connectivity index (χ4n) is 2.50. The molecule has 0 spiro atoms. The summed E-state index contributed by atoms with van der Waals surface area (Å²) >= 11 is 1.49. The molecule has 5 nitrogen and oxygen atoms in total.